The Labute approximate surface area is 200 Å². The Bertz CT molecular complexity index is 268. The maximum absolute atomic E-state index is 10.7. The molecule has 0 aliphatic rings. The van der Waals surface area contributed by atoms with Gasteiger partial charge in [0.05, 0.1) is 12.8 Å². The Morgan fingerprint density at radius 2 is 0.944 bits per heavy atom. The third-order valence-electron chi connectivity index (χ3n) is 1.05. The maximum atomic E-state index is 10.7. The molecule has 6 nitrogen and oxygen atoms in total. The number of carbonyl (C=O) groups is 4. The minimum absolute atomic E-state index is 0. The summed E-state index contributed by atoms with van der Waals surface area (Å²) in [6.45, 7) is 2.15. The zero-order valence-corrected chi connectivity index (χ0v) is 19.9. The van der Waals surface area contributed by atoms with Gasteiger partial charge >= 0.3 is 142 Å². The molecular formula is C8H14Na4O6. The smallest absolute Gasteiger partial charge is 1.00 e. The second-order valence-corrected chi connectivity index (χ2v) is 2.43. The molecule has 0 heterocycles. The van der Waals surface area contributed by atoms with Gasteiger partial charge in [-0.05, 0) is 0 Å². The molecule has 0 aliphatic carbocycles. The molecule has 0 fully saturated rings. The molecule has 0 bridgehead atoms. The van der Waals surface area contributed by atoms with E-state index in [1.54, 1.807) is 0 Å². The summed E-state index contributed by atoms with van der Waals surface area (Å²) in [7, 11) is 0. The van der Waals surface area contributed by atoms with Gasteiger partial charge in [-0.2, -0.15) is 0 Å². The maximum Gasteiger partial charge on any atom is 1.00 e. The van der Waals surface area contributed by atoms with E-state index in [1.807, 2.05) is 0 Å². The van der Waals surface area contributed by atoms with E-state index in [4.69, 9.17) is 0 Å². The zero-order valence-electron chi connectivity index (χ0n) is 15.9. The van der Waals surface area contributed by atoms with Gasteiger partial charge in [0.1, 0.15) is 0 Å². The van der Waals surface area contributed by atoms with Crippen molar-refractivity contribution in [2.75, 3.05) is 0 Å². The van der Waals surface area contributed by atoms with Crippen LogP contribution in [0.25, 0.3) is 0 Å². The number of ether oxygens (including phenoxy) is 2. The van der Waals surface area contributed by atoms with Crippen molar-refractivity contribution in [2.45, 2.75) is 26.7 Å². The van der Waals surface area contributed by atoms with Crippen molar-refractivity contribution in [2.24, 2.45) is 0 Å². The van der Waals surface area contributed by atoms with E-state index in [2.05, 4.69) is 9.47 Å². The van der Waals surface area contributed by atoms with Gasteiger partial charge in [0.2, 0.25) is 0 Å². The number of rotatable bonds is 3. The van der Waals surface area contributed by atoms with Crippen LogP contribution in [-0.2, 0) is 28.7 Å². The molecule has 0 unspecified atom stereocenters. The third-order valence-corrected chi connectivity index (χ3v) is 1.05. The van der Waals surface area contributed by atoms with Gasteiger partial charge in [0, 0.05) is 13.8 Å². The van der Waals surface area contributed by atoms with E-state index < -0.39 is 23.9 Å². The Kier molecular flexibility index (Phi) is 34.6. The standard InChI is InChI=1S/C8H10O6.4Na.4H/c1-5(9)13-7(11)3-4-8(12)14-6(2)10;;;;;;;;/h3-4H2,1-2H3;;;;;;;;/q;4*+1;4*-1. The zero-order chi connectivity index (χ0) is 11.1. The third kappa shape index (κ3) is 23.4. The first-order valence-corrected chi connectivity index (χ1v) is 3.84. The second kappa shape index (κ2) is 19.3. The Balaban J connectivity index is -0.0000000302. The average Bonchev–Trinajstić information content (AvgIpc) is 1.98. The van der Waals surface area contributed by atoms with Crippen LogP contribution in [0.3, 0.4) is 0 Å². The Hall–Kier alpha value is 2.28. The fraction of sp³-hybridized carbons (Fsp3) is 0.500. The van der Waals surface area contributed by atoms with Crippen LogP contribution in [0.4, 0.5) is 0 Å². The molecule has 86 valence electrons. The van der Waals surface area contributed by atoms with Crippen LogP contribution in [0.5, 0.6) is 0 Å². The normalized spacial score (nSPS) is 7.00. The summed E-state index contributed by atoms with van der Waals surface area (Å²) in [5, 5.41) is 0. The average molecular weight is 298 g/mol. The van der Waals surface area contributed by atoms with E-state index in [9.17, 15) is 19.2 Å². The van der Waals surface area contributed by atoms with Gasteiger partial charge in [0.15, 0.2) is 0 Å². The van der Waals surface area contributed by atoms with Crippen molar-refractivity contribution in [1.29, 1.82) is 0 Å². The fourth-order valence-corrected chi connectivity index (χ4v) is 0.627. The van der Waals surface area contributed by atoms with Crippen molar-refractivity contribution >= 4 is 23.9 Å². The number of hydrogen-bond acceptors (Lipinski definition) is 6. The van der Waals surface area contributed by atoms with E-state index in [1.165, 1.54) is 0 Å². The van der Waals surface area contributed by atoms with Crippen LogP contribution in [-0.4, -0.2) is 23.9 Å². The quantitative estimate of drug-likeness (QED) is 0.292. The summed E-state index contributed by atoms with van der Waals surface area (Å²) in [6.07, 6.45) is -0.572. The van der Waals surface area contributed by atoms with Gasteiger partial charge in [-0.15, -0.1) is 0 Å². The van der Waals surface area contributed by atoms with Crippen LogP contribution < -0.4 is 118 Å². The van der Waals surface area contributed by atoms with Crippen molar-refractivity contribution in [3.63, 3.8) is 0 Å². The second-order valence-electron chi connectivity index (χ2n) is 2.43. The van der Waals surface area contributed by atoms with Crippen molar-refractivity contribution < 1.29 is 153 Å². The Morgan fingerprint density at radius 1 is 0.722 bits per heavy atom. The summed E-state index contributed by atoms with van der Waals surface area (Å²) in [5.41, 5.74) is 0. The van der Waals surface area contributed by atoms with E-state index in [0.29, 0.717) is 0 Å². The van der Waals surface area contributed by atoms with Gasteiger partial charge in [-0.3, -0.25) is 19.2 Å². The van der Waals surface area contributed by atoms with Gasteiger partial charge < -0.3 is 15.2 Å². The van der Waals surface area contributed by atoms with Crippen LogP contribution in [0.2, 0.25) is 0 Å². The largest absolute Gasteiger partial charge is 1.00 e. The first kappa shape index (κ1) is 32.3. The minimum Gasteiger partial charge on any atom is -1.00 e. The Morgan fingerprint density at radius 3 is 1.11 bits per heavy atom. The number of esters is 4. The molecule has 0 aromatic rings. The molecule has 0 spiro atoms. The molecule has 0 rings (SSSR count). The summed E-state index contributed by atoms with van der Waals surface area (Å²) in [4.78, 5) is 41.9. The molecular weight excluding hydrogens is 284 g/mol. The molecule has 0 N–H and O–H groups in total. The van der Waals surface area contributed by atoms with Gasteiger partial charge in [-0.1, -0.05) is 0 Å². The van der Waals surface area contributed by atoms with E-state index in [0.717, 1.165) is 13.8 Å². The van der Waals surface area contributed by atoms with Crippen LogP contribution in [0, 0.1) is 0 Å². The fourth-order valence-electron chi connectivity index (χ4n) is 0.627. The summed E-state index contributed by atoms with van der Waals surface area (Å²) < 4.78 is 8.27. The molecule has 10 heteroatoms. The molecule has 18 heavy (non-hydrogen) atoms. The molecule has 0 amide bonds. The number of carbonyl (C=O) groups excluding carboxylic acids is 4. The van der Waals surface area contributed by atoms with E-state index in [-0.39, 0.29) is 137 Å². The van der Waals surface area contributed by atoms with Gasteiger partial charge in [0.25, 0.3) is 0 Å². The topological polar surface area (TPSA) is 86.7 Å². The van der Waals surface area contributed by atoms with Crippen molar-refractivity contribution in [3.8, 4) is 0 Å². The molecule has 0 aromatic heterocycles. The first-order valence-electron chi connectivity index (χ1n) is 3.84. The van der Waals surface area contributed by atoms with Gasteiger partial charge in [-0.25, -0.2) is 0 Å². The molecule has 0 aromatic carbocycles. The number of hydrogen-bond donors (Lipinski definition) is 0. The predicted octanol–water partition coefficient (Wildman–Crippen LogP) is -11.6. The summed E-state index contributed by atoms with van der Waals surface area (Å²) >= 11 is 0. The van der Waals surface area contributed by atoms with Crippen LogP contribution in [0.15, 0.2) is 0 Å². The van der Waals surface area contributed by atoms with Crippen molar-refractivity contribution in [3.05, 3.63) is 0 Å². The molecule has 0 saturated heterocycles. The molecule has 0 saturated carbocycles. The summed E-state index contributed by atoms with van der Waals surface area (Å²) in [5.74, 6) is -3.12. The van der Waals surface area contributed by atoms with Crippen molar-refractivity contribution in [1.82, 2.24) is 0 Å². The van der Waals surface area contributed by atoms with E-state index >= 15 is 0 Å². The predicted molar refractivity (Wildman–Crippen MR) is 47.2 cm³/mol. The SMILES string of the molecule is CC(=O)OC(=O)CCC(=O)OC(C)=O.[H-].[H-].[H-].[H-].[Na+].[Na+].[Na+].[Na+]. The molecule has 0 atom stereocenters. The molecule has 0 radical (unpaired) electrons. The minimum atomic E-state index is -0.821. The van der Waals surface area contributed by atoms with Crippen LogP contribution >= 0.6 is 0 Å². The monoisotopic (exact) mass is 298 g/mol. The first-order chi connectivity index (χ1) is 6.41. The molecule has 0 aliphatic heterocycles. The summed E-state index contributed by atoms with van der Waals surface area (Å²) in [6, 6.07) is 0. The van der Waals surface area contributed by atoms with Crippen LogP contribution in [0.1, 0.15) is 32.4 Å².